The Labute approximate surface area is 360 Å². The minimum Gasteiger partial charge on any atom is -0.506 e. The molecule has 6 aromatic rings. The molecule has 18 nitrogen and oxygen atoms in total. The summed E-state index contributed by atoms with van der Waals surface area (Å²) in [4.78, 5) is 10.0. The number of non-ortho nitro benzene ring substituents is 1. The van der Waals surface area contributed by atoms with Gasteiger partial charge in [-0.1, -0.05) is 50.2 Å². The van der Waals surface area contributed by atoms with Gasteiger partial charge >= 0.3 is 29.6 Å². The van der Waals surface area contributed by atoms with Crippen LogP contribution in [0.25, 0.3) is 11.4 Å². The SMILES string of the molecule is CCN(CC)S(=O)(=O)c1ccc(N=Nc2c(C)nn(-c3ccccc3)c2O)c(O)c1.Cc1nn(-c2ccccc2)c(O)c1N=Nc1ccc([N+](=O)[O-])cc1O.[Cr].[Na+]. The second-order valence-electron chi connectivity index (χ2n) is 11.6. The van der Waals surface area contributed by atoms with Crippen LogP contribution < -0.4 is 29.6 Å². The third kappa shape index (κ3) is 10.5. The number of aromatic nitrogens is 4. The number of para-hydroxylation sites is 2. The van der Waals surface area contributed by atoms with Gasteiger partial charge in [0.05, 0.1) is 38.6 Å². The Kier molecular flexibility index (Phi) is 16.2. The third-order valence-corrected chi connectivity index (χ3v) is 10.0. The number of hydrogen-bond donors (Lipinski definition) is 4. The summed E-state index contributed by atoms with van der Waals surface area (Å²) in [6, 6.07) is 25.4. The largest absolute Gasteiger partial charge is 1.00 e. The first-order valence-electron chi connectivity index (χ1n) is 16.6. The Morgan fingerprint density at radius 3 is 1.49 bits per heavy atom. The zero-order valence-electron chi connectivity index (χ0n) is 31.4. The van der Waals surface area contributed by atoms with Gasteiger partial charge in [0.2, 0.25) is 21.8 Å². The minimum atomic E-state index is -3.70. The van der Waals surface area contributed by atoms with Gasteiger partial charge in [-0.05, 0) is 56.3 Å². The van der Waals surface area contributed by atoms with Crippen LogP contribution in [-0.4, -0.2) is 70.7 Å². The van der Waals surface area contributed by atoms with E-state index in [1.54, 1.807) is 52.0 Å². The number of nitro groups is 1. The third-order valence-electron chi connectivity index (χ3n) is 7.99. The average molecular weight is 844 g/mol. The summed E-state index contributed by atoms with van der Waals surface area (Å²) in [5.74, 6) is -1.11. The molecule has 0 aliphatic carbocycles. The van der Waals surface area contributed by atoms with Crippen molar-refractivity contribution in [1.29, 1.82) is 0 Å². The van der Waals surface area contributed by atoms with Crippen LogP contribution >= 0.6 is 0 Å². The maximum atomic E-state index is 12.6. The van der Waals surface area contributed by atoms with Crippen LogP contribution in [0.4, 0.5) is 28.4 Å². The van der Waals surface area contributed by atoms with Crippen molar-refractivity contribution in [2.45, 2.75) is 32.6 Å². The number of sulfonamides is 1. The number of aryl methyl sites for hydroxylation is 2. The summed E-state index contributed by atoms with van der Waals surface area (Å²) in [7, 11) is -3.70. The molecule has 0 saturated carbocycles. The van der Waals surface area contributed by atoms with Crippen LogP contribution in [0.5, 0.6) is 23.3 Å². The molecule has 290 valence electrons. The Balaban J connectivity index is 0.000000299. The Bertz CT molecular complexity index is 2500. The predicted octanol–water partition coefficient (Wildman–Crippen LogP) is 4.95. The van der Waals surface area contributed by atoms with E-state index in [0.717, 1.165) is 12.1 Å². The van der Waals surface area contributed by atoms with Crippen LogP contribution in [0.2, 0.25) is 0 Å². The van der Waals surface area contributed by atoms with Crippen LogP contribution in [0.3, 0.4) is 0 Å². The van der Waals surface area contributed by atoms with Gasteiger partial charge in [-0.15, -0.1) is 20.5 Å². The van der Waals surface area contributed by atoms with Crippen molar-refractivity contribution in [1.82, 2.24) is 23.9 Å². The summed E-state index contributed by atoms with van der Waals surface area (Å²) >= 11 is 0. The predicted molar refractivity (Wildman–Crippen MR) is 201 cm³/mol. The monoisotopic (exact) mass is 843 g/mol. The molecule has 0 unspecified atom stereocenters. The zero-order chi connectivity index (χ0) is 39.9. The molecule has 0 bridgehead atoms. The molecule has 0 spiro atoms. The molecular weight excluding hydrogens is 808 g/mol. The molecule has 0 aliphatic heterocycles. The molecular formula is C36H36CrN10NaO8S+. The number of phenolic OH excluding ortho intramolecular Hbond substituents is 2. The van der Waals surface area contributed by atoms with Gasteiger partial charge in [-0.25, -0.2) is 8.42 Å². The molecule has 2 heterocycles. The van der Waals surface area contributed by atoms with Gasteiger partial charge in [-0.2, -0.15) is 23.9 Å². The van der Waals surface area contributed by atoms with Crippen LogP contribution in [-0.2, 0) is 27.4 Å². The van der Waals surface area contributed by atoms with E-state index in [1.165, 1.54) is 37.9 Å². The molecule has 21 heteroatoms. The van der Waals surface area contributed by atoms with E-state index in [9.17, 15) is 39.0 Å². The first kappa shape index (κ1) is 45.9. The van der Waals surface area contributed by atoms with E-state index in [-0.39, 0.29) is 104 Å². The molecule has 4 N–H and O–H groups in total. The van der Waals surface area contributed by atoms with Gasteiger partial charge in [0.25, 0.3) is 5.69 Å². The molecule has 0 atom stereocenters. The molecule has 0 radical (unpaired) electrons. The molecule has 0 aliphatic rings. The summed E-state index contributed by atoms with van der Waals surface area (Å²) in [6.45, 7) is 7.47. The Morgan fingerprint density at radius 2 is 1.11 bits per heavy atom. The first-order chi connectivity index (χ1) is 26.3. The molecule has 0 saturated heterocycles. The maximum absolute atomic E-state index is 12.6. The smallest absolute Gasteiger partial charge is 0.506 e. The maximum Gasteiger partial charge on any atom is 1.00 e. The molecule has 2 aromatic heterocycles. The molecule has 57 heavy (non-hydrogen) atoms. The van der Waals surface area contributed by atoms with Crippen molar-refractivity contribution >= 4 is 38.5 Å². The van der Waals surface area contributed by atoms with Crippen molar-refractivity contribution in [2.24, 2.45) is 20.5 Å². The summed E-state index contributed by atoms with van der Waals surface area (Å²) < 4.78 is 29.1. The van der Waals surface area contributed by atoms with Crippen molar-refractivity contribution in [3.63, 3.8) is 0 Å². The molecule has 0 amide bonds. The van der Waals surface area contributed by atoms with E-state index in [2.05, 4.69) is 30.7 Å². The second kappa shape index (κ2) is 20.1. The number of rotatable bonds is 11. The number of phenols is 2. The van der Waals surface area contributed by atoms with Gasteiger partial charge < -0.3 is 20.4 Å². The number of nitro benzene ring substituents is 1. The van der Waals surface area contributed by atoms with Crippen molar-refractivity contribution in [3.8, 4) is 34.6 Å². The summed E-state index contributed by atoms with van der Waals surface area (Å²) in [5, 5.41) is 75.7. The number of benzene rings is 4. The van der Waals surface area contributed by atoms with E-state index in [4.69, 9.17) is 0 Å². The fourth-order valence-corrected chi connectivity index (χ4v) is 6.60. The number of azo groups is 2. The van der Waals surface area contributed by atoms with Gasteiger partial charge in [0.1, 0.15) is 22.9 Å². The van der Waals surface area contributed by atoms with E-state index < -0.39 is 14.9 Å². The Morgan fingerprint density at radius 1 is 0.684 bits per heavy atom. The minimum absolute atomic E-state index is 0. The van der Waals surface area contributed by atoms with Crippen LogP contribution in [0.1, 0.15) is 25.2 Å². The van der Waals surface area contributed by atoms with Gasteiger partial charge in [0, 0.05) is 42.6 Å². The van der Waals surface area contributed by atoms with E-state index in [0.29, 0.717) is 35.9 Å². The van der Waals surface area contributed by atoms with Crippen molar-refractivity contribution in [2.75, 3.05) is 13.1 Å². The van der Waals surface area contributed by atoms with Crippen molar-refractivity contribution in [3.05, 3.63) is 119 Å². The number of nitrogens with zero attached hydrogens (tertiary/aromatic N) is 10. The first-order valence-corrected chi connectivity index (χ1v) is 18.0. The summed E-state index contributed by atoms with van der Waals surface area (Å²) in [5.41, 5.74) is 2.34. The standard InChI is InChI=1S/C20H23N5O4S.C16H13N5O4.Cr.Na/c1-4-24(5-2)30(28,29)16-11-12-17(18(26)13-16)21-22-19-14(3)23-25(20(19)27)15-9-7-6-8-10-15;1-10-15(16(23)20(19-10)11-5-3-2-4-6-11)18-17-13-8-7-12(21(24)25)9-14(13)22;;/h6-13,26-27H,4-5H2,1-3H3;2-9,22-23H,1H3;;/q;;;+1. The Hall–Kier alpha value is -5.46. The zero-order valence-corrected chi connectivity index (χ0v) is 35.5. The summed E-state index contributed by atoms with van der Waals surface area (Å²) in [6.07, 6.45) is 0. The fourth-order valence-electron chi connectivity index (χ4n) is 5.12. The van der Waals surface area contributed by atoms with E-state index in [1.807, 2.05) is 36.4 Å². The second-order valence-corrected chi connectivity index (χ2v) is 13.5. The molecule has 0 fully saturated rings. The number of hydrogen-bond acceptors (Lipinski definition) is 14. The topological polar surface area (TPSA) is 247 Å². The quantitative estimate of drug-likeness (QED) is 0.0591. The average Bonchev–Trinajstić information content (AvgIpc) is 3.63. The number of aromatic hydroxyl groups is 4. The normalized spacial score (nSPS) is 11.2. The van der Waals surface area contributed by atoms with Crippen molar-refractivity contribution < 1.29 is 80.7 Å². The van der Waals surface area contributed by atoms with Gasteiger partial charge in [0.15, 0.2) is 11.4 Å². The molecule has 6 rings (SSSR count). The van der Waals surface area contributed by atoms with Gasteiger partial charge in [-0.3, -0.25) is 10.1 Å². The van der Waals surface area contributed by atoms with Crippen LogP contribution in [0, 0.1) is 24.0 Å². The fraction of sp³-hybridized carbons (Fsp3) is 0.167. The van der Waals surface area contributed by atoms with E-state index >= 15 is 0 Å². The molecule has 4 aromatic carbocycles. The van der Waals surface area contributed by atoms with Crippen LogP contribution in [0.15, 0.2) is 122 Å².